The highest BCUT2D eigenvalue weighted by molar-refractivity contribution is 5.92. The molecule has 1 aromatic carbocycles. The Balaban J connectivity index is 2.78. The summed E-state index contributed by atoms with van der Waals surface area (Å²) in [6, 6.07) is 4.52. The lowest BCUT2D eigenvalue weighted by Crippen LogP contribution is -2.22. The summed E-state index contributed by atoms with van der Waals surface area (Å²) in [7, 11) is 0. The van der Waals surface area contributed by atoms with Gasteiger partial charge in [-0.05, 0) is 31.0 Å². The summed E-state index contributed by atoms with van der Waals surface area (Å²) in [5, 5.41) is 2.78. The van der Waals surface area contributed by atoms with Crippen molar-refractivity contribution in [3.8, 4) is 11.8 Å². The van der Waals surface area contributed by atoms with Crippen molar-refractivity contribution in [1.82, 2.24) is 0 Å². The van der Waals surface area contributed by atoms with Gasteiger partial charge in [0.05, 0.1) is 12.1 Å². The monoisotopic (exact) mass is 290 g/mol. The fourth-order valence-corrected chi connectivity index (χ4v) is 2.19. The van der Waals surface area contributed by atoms with Crippen LogP contribution < -0.4 is 11.1 Å². The van der Waals surface area contributed by atoms with Crippen molar-refractivity contribution < 1.29 is 9.18 Å². The van der Waals surface area contributed by atoms with Crippen LogP contribution in [0.4, 0.5) is 10.1 Å². The van der Waals surface area contributed by atoms with Gasteiger partial charge in [-0.15, -0.1) is 0 Å². The lowest BCUT2D eigenvalue weighted by molar-refractivity contribution is -0.120. The van der Waals surface area contributed by atoms with Crippen LogP contribution >= 0.6 is 0 Å². The standard InChI is InChI=1S/C17H23FN2O/c1-3-6-14(7-4-2)17(21)20-15-10-9-13(8-5-11-19)16(18)12-15/h9-10,12,14H,3-4,6-7,11,19H2,1-2H3,(H,20,21). The molecule has 3 nitrogen and oxygen atoms in total. The highest BCUT2D eigenvalue weighted by Gasteiger charge is 2.17. The predicted molar refractivity (Wildman–Crippen MR) is 84.3 cm³/mol. The zero-order chi connectivity index (χ0) is 15.7. The number of carbonyl (C=O) groups excluding carboxylic acids is 1. The molecule has 1 rings (SSSR count). The Morgan fingerprint density at radius 2 is 2.00 bits per heavy atom. The molecule has 0 unspecified atom stereocenters. The number of benzene rings is 1. The number of halogens is 1. The van der Waals surface area contributed by atoms with Crippen LogP contribution in [0.3, 0.4) is 0 Å². The smallest absolute Gasteiger partial charge is 0.227 e. The molecular formula is C17H23FN2O. The Labute approximate surface area is 126 Å². The van der Waals surface area contributed by atoms with E-state index in [1.807, 2.05) is 0 Å². The van der Waals surface area contributed by atoms with E-state index in [0.717, 1.165) is 25.7 Å². The van der Waals surface area contributed by atoms with Crippen molar-refractivity contribution in [3.05, 3.63) is 29.6 Å². The molecule has 0 fully saturated rings. The van der Waals surface area contributed by atoms with Crippen LogP contribution in [0, 0.1) is 23.6 Å². The molecule has 0 aliphatic carbocycles. The Kier molecular flexibility index (Phi) is 7.49. The van der Waals surface area contributed by atoms with E-state index in [1.54, 1.807) is 12.1 Å². The summed E-state index contributed by atoms with van der Waals surface area (Å²) in [5.74, 6) is 4.76. The number of hydrogen-bond donors (Lipinski definition) is 2. The third-order valence-electron chi connectivity index (χ3n) is 3.21. The third kappa shape index (κ3) is 5.57. The summed E-state index contributed by atoms with van der Waals surface area (Å²) < 4.78 is 13.8. The van der Waals surface area contributed by atoms with E-state index in [1.165, 1.54) is 6.07 Å². The van der Waals surface area contributed by atoms with E-state index in [-0.39, 0.29) is 23.9 Å². The second-order valence-electron chi connectivity index (χ2n) is 4.96. The average Bonchev–Trinajstić information content (AvgIpc) is 2.46. The molecule has 1 amide bonds. The van der Waals surface area contributed by atoms with Crippen molar-refractivity contribution in [2.75, 3.05) is 11.9 Å². The minimum Gasteiger partial charge on any atom is -0.326 e. The molecule has 21 heavy (non-hydrogen) atoms. The van der Waals surface area contributed by atoms with Gasteiger partial charge in [0.25, 0.3) is 0 Å². The zero-order valence-electron chi connectivity index (χ0n) is 12.7. The van der Waals surface area contributed by atoms with Crippen molar-refractivity contribution in [1.29, 1.82) is 0 Å². The molecule has 0 saturated heterocycles. The Morgan fingerprint density at radius 3 is 2.52 bits per heavy atom. The molecule has 0 aliphatic rings. The quantitative estimate of drug-likeness (QED) is 0.790. The lowest BCUT2D eigenvalue weighted by Gasteiger charge is -2.15. The normalized spacial score (nSPS) is 10.1. The number of anilines is 1. The maximum absolute atomic E-state index is 13.8. The van der Waals surface area contributed by atoms with E-state index in [9.17, 15) is 9.18 Å². The fourth-order valence-electron chi connectivity index (χ4n) is 2.19. The van der Waals surface area contributed by atoms with Gasteiger partial charge in [-0.1, -0.05) is 38.5 Å². The number of nitrogens with one attached hydrogen (secondary N) is 1. The number of carbonyl (C=O) groups is 1. The maximum atomic E-state index is 13.8. The first-order valence-corrected chi connectivity index (χ1v) is 7.41. The second kappa shape index (κ2) is 9.15. The maximum Gasteiger partial charge on any atom is 0.227 e. The topological polar surface area (TPSA) is 55.1 Å². The van der Waals surface area contributed by atoms with Crippen LogP contribution in [0.1, 0.15) is 45.1 Å². The van der Waals surface area contributed by atoms with Crippen molar-refractivity contribution in [3.63, 3.8) is 0 Å². The molecule has 0 aliphatic heterocycles. The van der Waals surface area contributed by atoms with Gasteiger partial charge in [-0.3, -0.25) is 4.79 Å². The van der Waals surface area contributed by atoms with Gasteiger partial charge in [-0.25, -0.2) is 4.39 Å². The largest absolute Gasteiger partial charge is 0.326 e. The van der Waals surface area contributed by atoms with Gasteiger partial charge in [0, 0.05) is 11.6 Å². The molecule has 0 heterocycles. The molecule has 0 radical (unpaired) electrons. The first kappa shape index (κ1) is 17.2. The number of hydrogen-bond acceptors (Lipinski definition) is 2. The summed E-state index contributed by atoms with van der Waals surface area (Å²) in [6.07, 6.45) is 3.62. The second-order valence-corrected chi connectivity index (χ2v) is 4.96. The van der Waals surface area contributed by atoms with Gasteiger partial charge < -0.3 is 11.1 Å². The Hall–Kier alpha value is -1.86. The zero-order valence-corrected chi connectivity index (χ0v) is 12.7. The van der Waals surface area contributed by atoms with Gasteiger partial charge in [0.15, 0.2) is 0 Å². The minimum absolute atomic E-state index is 0.0141. The van der Waals surface area contributed by atoms with Crippen LogP contribution in [-0.4, -0.2) is 12.5 Å². The molecular weight excluding hydrogens is 267 g/mol. The van der Waals surface area contributed by atoms with Gasteiger partial charge in [-0.2, -0.15) is 0 Å². The van der Waals surface area contributed by atoms with Crippen LogP contribution in [0.15, 0.2) is 18.2 Å². The summed E-state index contributed by atoms with van der Waals surface area (Å²) >= 11 is 0. The summed E-state index contributed by atoms with van der Waals surface area (Å²) in [4.78, 5) is 12.2. The number of nitrogens with two attached hydrogens (primary N) is 1. The van der Waals surface area contributed by atoms with E-state index >= 15 is 0 Å². The summed E-state index contributed by atoms with van der Waals surface area (Å²) in [6.45, 7) is 4.30. The van der Waals surface area contributed by atoms with E-state index in [0.29, 0.717) is 5.69 Å². The molecule has 0 bridgehead atoms. The van der Waals surface area contributed by atoms with Gasteiger partial charge >= 0.3 is 0 Å². The highest BCUT2D eigenvalue weighted by Crippen LogP contribution is 2.18. The molecule has 1 aromatic rings. The third-order valence-corrected chi connectivity index (χ3v) is 3.21. The number of amides is 1. The fraction of sp³-hybridized carbons (Fsp3) is 0.471. The molecule has 0 spiro atoms. The predicted octanol–water partition coefficient (Wildman–Crippen LogP) is 3.29. The van der Waals surface area contributed by atoms with Crippen LogP contribution in [0.25, 0.3) is 0 Å². The Morgan fingerprint density at radius 1 is 1.33 bits per heavy atom. The van der Waals surface area contributed by atoms with Crippen molar-refractivity contribution in [2.45, 2.75) is 39.5 Å². The highest BCUT2D eigenvalue weighted by atomic mass is 19.1. The molecule has 0 aromatic heterocycles. The van der Waals surface area contributed by atoms with Crippen LogP contribution in [-0.2, 0) is 4.79 Å². The summed E-state index contributed by atoms with van der Waals surface area (Å²) in [5.41, 5.74) is 6.01. The van der Waals surface area contributed by atoms with Crippen LogP contribution in [0.5, 0.6) is 0 Å². The van der Waals surface area contributed by atoms with E-state index in [4.69, 9.17) is 5.73 Å². The van der Waals surface area contributed by atoms with Crippen molar-refractivity contribution in [2.24, 2.45) is 11.7 Å². The van der Waals surface area contributed by atoms with Gasteiger partial charge in [0.2, 0.25) is 5.91 Å². The number of rotatable bonds is 6. The Bertz CT molecular complexity index is 525. The molecule has 4 heteroatoms. The molecule has 114 valence electrons. The molecule has 0 saturated carbocycles. The van der Waals surface area contributed by atoms with Crippen molar-refractivity contribution >= 4 is 11.6 Å². The lowest BCUT2D eigenvalue weighted by atomic mass is 9.97. The molecule has 0 atom stereocenters. The molecule has 3 N–H and O–H groups in total. The van der Waals surface area contributed by atoms with Crippen LogP contribution in [0.2, 0.25) is 0 Å². The first-order chi connectivity index (χ1) is 10.1. The SMILES string of the molecule is CCCC(CCC)C(=O)Nc1ccc(C#CCN)c(F)c1. The van der Waals surface area contributed by atoms with E-state index in [2.05, 4.69) is 31.0 Å². The van der Waals surface area contributed by atoms with E-state index < -0.39 is 5.82 Å². The first-order valence-electron chi connectivity index (χ1n) is 7.41. The van der Waals surface area contributed by atoms with Gasteiger partial charge in [0.1, 0.15) is 5.82 Å². The average molecular weight is 290 g/mol. The minimum atomic E-state index is -0.448.